The summed E-state index contributed by atoms with van der Waals surface area (Å²) in [6.07, 6.45) is 1.35. The van der Waals surface area contributed by atoms with Crippen molar-refractivity contribution in [1.29, 1.82) is 0 Å². The molecule has 0 spiro atoms. The highest BCUT2D eigenvalue weighted by molar-refractivity contribution is 6.46. The number of nitrogens with zero attached hydrogens (tertiary/aromatic N) is 2. The average Bonchev–Trinajstić information content (AvgIpc) is 2.97. The Kier molecular flexibility index (Phi) is 7.89. The summed E-state index contributed by atoms with van der Waals surface area (Å²) in [5, 5.41) is 2.70. The maximum atomic E-state index is 13.5. The number of halogens is 2. The van der Waals surface area contributed by atoms with Crippen LogP contribution in [-0.4, -0.2) is 30.4 Å². The van der Waals surface area contributed by atoms with E-state index >= 15 is 0 Å². The van der Waals surface area contributed by atoms with Crippen molar-refractivity contribution in [3.05, 3.63) is 125 Å². The van der Waals surface area contributed by atoms with E-state index < -0.39 is 29.6 Å². The lowest BCUT2D eigenvalue weighted by Crippen LogP contribution is -2.57. The van der Waals surface area contributed by atoms with E-state index in [2.05, 4.69) is 5.32 Å². The molecule has 0 unspecified atom stereocenters. The quantitative estimate of drug-likeness (QED) is 0.215. The number of para-hydroxylation sites is 2. The predicted octanol–water partition coefficient (Wildman–Crippen LogP) is 6.08. The summed E-state index contributed by atoms with van der Waals surface area (Å²) in [4.78, 5) is 54.5. The van der Waals surface area contributed by atoms with Crippen LogP contribution in [0.4, 0.5) is 26.2 Å². The first-order valence-corrected chi connectivity index (χ1v) is 12.7. The van der Waals surface area contributed by atoms with Crippen LogP contribution in [0.25, 0.3) is 6.08 Å². The van der Waals surface area contributed by atoms with Gasteiger partial charge in [0.05, 0.1) is 16.4 Å². The summed E-state index contributed by atoms with van der Waals surface area (Å²) >= 11 is 6.38. The van der Waals surface area contributed by atoms with Crippen LogP contribution < -0.4 is 19.9 Å². The Labute approximate surface area is 239 Å². The number of rotatable bonds is 7. The van der Waals surface area contributed by atoms with Crippen LogP contribution >= 0.6 is 11.6 Å². The molecule has 1 aliphatic rings. The summed E-state index contributed by atoms with van der Waals surface area (Å²) in [6, 6.07) is 25.6. The zero-order valence-corrected chi connectivity index (χ0v) is 22.0. The molecular weight excluding hydrogens is 549 g/mol. The number of carbonyl (C=O) groups excluding carboxylic acids is 4. The molecule has 0 atom stereocenters. The van der Waals surface area contributed by atoms with E-state index in [4.69, 9.17) is 16.3 Å². The molecular formula is C31H21ClFN3O5. The second-order valence-electron chi connectivity index (χ2n) is 8.83. The molecule has 0 radical (unpaired) electrons. The third-order valence-electron chi connectivity index (χ3n) is 6.03. The fraction of sp³-hybridized carbons (Fsp3) is 0.0323. The Bertz CT molecular complexity index is 1600. The van der Waals surface area contributed by atoms with Crippen molar-refractivity contribution in [3.63, 3.8) is 0 Å². The first-order valence-electron chi connectivity index (χ1n) is 12.3. The van der Waals surface area contributed by atoms with Gasteiger partial charge in [-0.05, 0) is 72.3 Å². The molecule has 1 heterocycles. The lowest BCUT2D eigenvalue weighted by Gasteiger charge is -2.33. The van der Waals surface area contributed by atoms with E-state index in [1.54, 1.807) is 66.7 Å². The van der Waals surface area contributed by atoms with E-state index in [1.807, 2.05) is 0 Å². The van der Waals surface area contributed by atoms with Gasteiger partial charge in [-0.3, -0.25) is 14.4 Å². The lowest BCUT2D eigenvalue weighted by atomic mass is 10.0. The van der Waals surface area contributed by atoms with Gasteiger partial charge in [-0.15, -0.1) is 0 Å². The molecule has 4 aromatic carbocycles. The monoisotopic (exact) mass is 569 g/mol. The van der Waals surface area contributed by atoms with Crippen molar-refractivity contribution in [2.24, 2.45) is 0 Å². The first kappa shape index (κ1) is 27.3. The molecule has 1 fully saturated rings. The summed E-state index contributed by atoms with van der Waals surface area (Å²) in [5.41, 5.74) is 1.17. The van der Waals surface area contributed by atoms with E-state index in [1.165, 1.54) is 42.5 Å². The predicted molar refractivity (Wildman–Crippen MR) is 153 cm³/mol. The minimum Gasteiger partial charge on any atom is -0.482 e. The molecule has 0 aromatic heterocycles. The number of barbiturate groups is 1. The molecule has 0 bridgehead atoms. The normalized spacial score (nSPS) is 13.3. The molecule has 10 heteroatoms. The zero-order chi connectivity index (χ0) is 28.9. The van der Waals surface area contributed by atoms with Gasteiger partial charge in [0.2, 0.25) is 0 Å². The van der Waals surface area contributed by atoms with Crippen molar-refractivity contribution in [2.75, 3.05) is 21.7 Å². The third-order valence-corrected chi connectivity index (χ3v) is 6.33. The van der Waals surface area contributed by atoms with Gasteiger partial charge in [-0.2, -0.15) is 0 Å². The number of imide groups is 2. The fourth-order valence-electron chi connectivity index (χ4n) is 4.10. The van der Waals surface area contributed by atoms with E-state index in [0.29, 0.717) is 22.6 Å². The van der Waals surface area contributed by atoms with Crippen LogP contribution in [0.15, 0.2) is 109 Å². The largest absolute Gasteiger partial charge is 0.482 e. The maximum Gasteiger partial charge on any atom is 0.343 e. The van der Waals surface area contributed by atoms with Crippen molar-refractivity contribution < 1.29 is 28.3 Å². The second kappa shape index (κ2) is 11.8. The Hall–Kier alpha value is -5.28. The molecule has 5 rings (SSSR count). The number of anilines is 3. The summed E-state index contributed by atoms with van der Waals surface area (Å²) in [5.74, 6) is -2.29. The SMILES string of the molecule is O=C(COc1ccc(C=C2C(=O)N(c3ccccc3)C(=O)N(c3ccccc3)C2=O)cc1Cl)Nc1ccc(F)cc1. The van der Waals surface area contributed by atoms with Gasteiger partial charge in [-0.1, -0.05) is 54.1 Å². The van der Waals surface area contributed by atoms with Crippen LogP contribution in [0, 0.1) is 5.82 Å². The van der Waals surface area contributed by atoms with Crippen LogP contribution in [0.2, 0.25) is 5.02 Å². The number of benzene rings is 4. The van der Waals surface area contributed by atoms with E-state index in [9.17, 15) is 23.6 Å². The molecule has 4 aromatic rings. The summed E-state index contributed by atoms with van der Waals surface area (Å²) in [6.45, 7) is -0.366. The maximum absolute atomic E-state index is 13.5. The Morgan fingerprint density at radius 1 is 0.805 bits per heavy atom. The molecule has 1 saturated heterocycles. The highest BCUT2D eigenvalue weighted by atomic mass is 35.5. The van der Waals surface area contributed by atoms with Crippen molar-refractivity contribution in [3.8, 4) is 5.75 Å². The summed E-state index contributed by atoms with van der Waals surface area (Å²) < 4.78 is 18.6. The zero-order valence-electron chi connectivity index (χ0n) is 21.3. The molecule has 5 amide bonds. The topological polar surface area (TPSA) is 96.0 Å². The molecule has 1 N–H and O–H groups in total. The second-order valence-corrected chi connectivity index (χ2v) is 9.23. The number of urea groups is 1. The van der Waals surface area contributed by atoms with Gasteiger partial charge in [0, 0.05) is 5.69 Å². The standard InChI is InChI=1S/C31H21ClFN3O5/c32-26-18-20(11-16-27(26)41-19-28(37)34-22-14-12-21(33)13-15-22)17-25-29(38)35(23-7-3-1-4-8-23)31(40)36(30(25)39)24-9-5-2-6-10-24/h1-18H,19H2,(H,34,37). The van der Waals surface area contributed by atoms with Gasteiger partial charge in [0.15, 0.2) is 6.61 Å². The van der Waals surface area contributed by atoms with Crippen molar-refractivity contribution in [1.82, 2.24) is 0 Å². The fourth-order valence-corrected chi connectivity index (χ4v) is 4.35. The van der Waals surface area contributed by atoms with Crippen LogP contribution in [-0.2, 0) is 14.4 Å². The van der Waals surface area contributed by atoms with Gasteiger partial charge in [0.1, 0.15) is 17.1 Å². The molecule has 8 nitrogen and oxygen atoms in total. The number of carbonyl (C=O) groups is 4. The number of nitrogens with one attached hydrogen (secondary N) is 1. The number of hydrogen-bond donors (Lipinski definition) is 1. The van der Waals surface area contributed by atoms with Crippen molar-refractivity contribution >= 4 is 58.5 Å². The van der Waals surface area contributed by atoms with Gasteiger partial charge >= 0.3 is 6.03 Å². The highest BCUT2D eigenvalue weighted by Gasteiger charge is 2.43. The molecule has 41 heavy (non-hydrogen) atoms. The minimum atomic E-state index is -0.796. The van der Waals surface area contributed by atoms with Crippen molar-refractivity contribution in [2.45, 2.75) is 0 Å². The van der Waals surface area contributed by atoms with Gasteiger partial charge in [-0.25, -0.2) is 19.0 Å². The van der Waals surface area contributed by atoms with Gasteiger partial charge < -0.3 is 10.1 Å². The number of hydrogen-bond acceptors (Lipinski definition) is 5. The average molecular weight is 570 g/mol. The number of amides is 5. The van der Waals surface area contributed by atoms with Gasteiger partial charge in [0.25, 0.3) is 17.7 Å². The van der Waals surface area contributed by atoms with Crippen LogP contribution in [0.1, 0.15) is 5.56 Å². The molecule has 204 valence electrons. The Morgan fingerprint density at radius 3 is 1.90 bits per heavy atom. The molecule has 1 aliphatic heterocycles. The molecule has 0 aliphatic carbocycles. The first-order chi connectivity index (χ1) is 19.8. The minimum absolute atomic E-state index is 0.126. The van der Waals surface area contributed by atoms with Crippen LogP contribution in [0.3, 0.4) is 0 Å². The van der Waals surface area contributed by atoms with E-state index in [-0.39, 0.29) is 23.0 Å². The Balaban J connectivity index is 1.39. The third kappa shape index (κ3) is 6.00. The van der Waals surface area contributed by atoms with Crippen LogP contribution in [0.5, 0.6) is 5.75 Å². The molecule has 0 saturated carbocycles. The smallest absolute Gasteiger partial charge is 0.343 e. The summed E-state index contributed by atoms with van der Waals surface area (Å²) in [7, 11) is 0. The van der Waals surface area contributed by atoms with E-state index in [0.717, 1.165) is 9.80 Å². The lowest BCUT2D eigenvalue weighted by molar-refractivity contribution is -0.121. The highest BCUT2D eigenvalue weighted by Crippen LogP contribution is 2.31. The number of ether oxygens (including phenoxy) is 1. The Morgan fingerprint density at radius 2 is 1.37 bits per heavy atom.